The number of benzene rings is 2. The molecular weight excluding hydrogens is 487 g/mol. The Bertz CT molecular complexity index is 1250. The van der Waals surface area contributed by atoms with Crippen molar-refractivity contribution in [1.29, 1.82) is 0 Å². The van der Waals surface area contributed by atoms with Gasteiger partial charge in [-0.05, 0) is 36.4 Å². The topological polar surface area (TPSA) is 91.6 Å². The Morgan fingerprint density at radius 1 is 1.03 bits per heavy atom. The van der Waals surface area contributed by atoms with E-state index in [2.05, 4.69) is 10.3 Å². The number of hydrogen-bond donors (Lipinski definition) is 1. The minimum Gasteiger partial charge on any atom is -0.368 e. The van der Waals surface area contributed by atoms with Crippen molar-refractivity contribution in [2.45, 2.75) is 6.18 Å². The second kappa shape index (κ2) is 9.79. The fourth-order valence-electron chi connectivity index (χ4n) is 3.70. The molecule has 0 spiro atoms. The molecule has 1 aliphatic rings. The molecule has 1 N–H and O–H groups in total. The molecule has 0 bridgehead atoms. The average molecular weight is 506 g/mol. The third kappa shape index (κ3) is 5.62. The third-order valence-electron chi connectivity index (χ3n) is 5.54. The number of nitrogens with one attached hydrogen (secondary N) is 1. The first-order valence-corrected chi connectivity index (χ1v) is 10.9. The van der Waals surface area contributed by atoms with Crippen molar-refractivity contribution in [2.75, 3.05) is 36.4 Å². The number of nitro groups is 1. The van der Waals surface area contributed by atoms with Gasteiger partial charge in [-0.3, -0.25) is 15.4 Å². The molecule has 8 nitrogen and oxygen atoms in total. The lowest BCUT2D eigenvalue weighted by Gasteiger charge is -2.36. The van der Waals surface area contributed by atoms with Crippen molar-refractivity contribution in [2.24, 2.45) is 0 Å². The molecule has 2 heterocycles. The Kier molecular flexibility index (Phi) is 6.79. The minimum absolute atomic E-state index is 0.201. The zero-order chi connectivity index (χ0) is 25.2. The van der Waals surface area contributed by atoms with Gasteiger partial charge in [-0.1, -0.05) is 29.8 Å². The van der Waals surface area contributed by atoms with Crippen molar-refractivity contribution in [3.8, 4) is 11.3 Å². The number of alkyl halides is 3. The minimum atomic E-state index is -4.44. The molecule has 12 heteroatoms. The van der Waals surface area contributed by atoms with Gasteiger partial charge in [0.1, 0.15) is 0 Å². The van der Waals surface area contributed by atoms with E-state index in [-0.39, 0.29) is 24.6 Å². The second-order valence-corrected chi connectivity index (χ2v) is 8.22. The van der Waals surface area contributed by atoms with E-state index >= 15 is 0 Å². The van der Waals surface area contributed by atoms with E-state index in [4.69, 9.17) is 11.6 Å². The quantitative estimate of drug-likeness (QED) is 0.363. The molecule has 1 fully saturated rings. The van der Waals surface area contributed by atoms with Crippen molar-refractivity contribution in [1.82, 2.24) is 9.88 Å². The summed E-state index contributed by atoms with van der Waals surface area (Å²) in [6.45, 7) is 1.03. The number of carbonyl (C=O) groups excluding carboxylic acids is 1. The Balaban J connectivity index is 1.46. The van der Waals surface area contributed by atoms with E-state index in [0.717, 1.165) is 12.1 Å². The summed E-state index contributed by atoms with van der Waals surface area (Å²) in [4.78, 5) is 31.1. The average Bonchev–Trinajstić information content (AvgIpc) is 2.84. The van der Waals surface area contributed by atoms with E-state index in [9.17, 15) is 28.1 Å². The Hall–Kier alpha value is -3.86. The molecule has 1 aliphatic heterocycles. The van der Waals surface area contributed by atoms with Gasteiger partial charge in [0.05, 0.1) is 16.2 Å². The van der Waals surface area contributed by atoms with Crippen LogP contribution in [0.5, 0.6) is 0 Å². The first-order valence-electron chi connectivity index (χ1n) is 10.5. The van der Waals surface area contributed by atoms with Gasteiger partial charge >= 0.3 is 17.9 Å². The van der Waals surface area contributed by atoms with Crippen LogP contribution in [0.3, 0.4) is 0 Å². The van der Waals surface area contributed by atoms with Gasteiger partial charge in [0.25, 0.3) is 0 Å². The first kappa shape index (κ1) is 24.3. The number of urea groups is 1. The molecule has 0 aliphatic carbocycles. The summed E-state index contributed by atoms with van der Waals surface area (Å²) in [5, 5.41) is 14.5. The summed E-state index contributed by atoms with van der Waals surface area (Å²) in [6.07, 6.45) is -4.44. The number of rotatable bonds is 4. The van der Waals surface area contributed by atoms with Gasteiger partial charge in [-0.2, -0.15) is 13.2 Å². The SMILES string of the molecule is O=C(Nc1nc(-c2ccc(Cl)cc2)ccc1[N+](=O)[O-])N1CCN(c2cccc(C(F)(F)F)c2)CC1. The fourth-order valence-corrected chi connectivity index (χ4v) is 3.83. The van der Waals surface area contributed by atoms with E-state index in [1.807, 2.05) is 0 Å². The summed E-state index contributed by atoms with van der Waals surface area (Å²) >= 11 is 5.90. The fraction of sp³-hybridized carbons (Fsp3) is 0.217. The highest BCUT2D eigenvalue weighted by molar-refractivity contribution is 6.30. The predicted octanol–water partition coefficient (Wildman–Crippen LogP) is 5.68. The number of hydrogen-bond acceptors (Lipinski definition) is 5. The largest absolute Gasteiger partial charge is 0.416 e. The molecule has 35 heavy (non-hydrogen) atoms. The van der Waals surface area contributed by atoms with Crippen LogP contribution in [-0.2, 0) is 6.18 Å². The van der Waals surface area contributed by atoms with Crippen molar-refractivity contribution in [3.63, 3.8) is 0 Å². The molecule has 2 amide bonds. The lowest BCUT2D eigenvalue weighted by atomic mass is 10.1. The van der Waals surface area contributed by atoms with E-state index < -0.39 is 22.7 Å². The van der Waals surface area contributed by atoms with Crippen LogP contribution in [0.1, 0.15) is 5.56 Å². The van der Waals surface area contributed by atoms with Gasteiger partial charge in [-0.25, -0.2) is 9.78 Å². The van der Waals surface area contributed by atoms with Crippen LogP contribution in [-0.4, -0.2) is 47.0 Å². The summed E-state index contributed by atoms with van der Waals surface area (Å²) in [7, 11) is 0. The predicted molar refractivity (Wildman–Crippen MR) is 126 cm³/mol. The molecule has 4 rings (SSSR count). The number of amides is 2. The Morgan fingerprint density at radius 3 is 2.34 bits per heavy atom. The lowest BCUT2D eigenvalue weighted by Crippen LogP contribution is -2.50. The maximum absolute atomic E-state index is 13.0. The number of piperazine rings is 1. The summed E-state index contributed by atoms with van der Waals surface area (Å²) in [6, 6.07) is 13.9. The van der Waals surface area contributed by atoms with Crippen LogP contribution in [0.2, 0.25) is 5.02 Å². The second-order valence-electron chi connectivity index (χ2n) is 7.78. The maximum Gasteiger partial charge on any atom is 0.416 e. The van der Waals surface area contributed by atoms with Crippen molar-refractivity contribution < 1.29 is 22.9 Å². The standard InChI is InChI=1S/C23H19ClF3N5O3/c24-17-6-4-15(5-7-17)19-8-9-20(32(34)35)21(28-19)29-22(33)31-12-10-30(11-13-31)18-3-1-2-16(14-18)23(25,26)27/h1-9,14H,10-13H2,(H,28,29,33). The van der Waals surface area contributed by atoms with E-state index in [1.54, 1.807) is 35.2 Å². The van der Waals surface area contributed by atoms with Crippen LogP contribution in [0.25, 0.3) is 11.3 Å². The summed E-state index contributed by atoms with van der Waals surface area (Å²) in [5.74, 6) is -0.201. The first-order chi connectivity index (χ1) is 16.6. The molecule has 3 aromatic rings. The van der Waals surface area contributed by atoms with E-state index in [0.29, 0.717) is 35.1 Å². The highest BCUT2D eigenvalue weighted by Crippen LogP contribution is 2.32. The molecule has 2 aromatic carbocycles. The van der Waals surface area contributed by atoms with Crippen molar-refractivity contribution in [3.05, 3.63) is 81.4 Å². The Labute approximate surface area is 203 Å². The highest BCUT2D eigenvalue weighted by Gasteiger charge is 2.31. The molecule has 182 valence electrons. The molecule has 1 saturated heterocycles. The maximum atomic E-state index is 13.0. The number of carbonyl (C=O) groups is 1. The van der Waals surface area contributed by atoms with Crippen LogP contribution in [0, 0.1) is 10.1 Å². The zero-order valence-electron chi connectivity index (χ0n) is 18.1. The lowest BCUT2D eigenvalue weighted by molar-refractivity contribution is -0.384. The molecule has 1 aromatic heterocycles. The van der Waals surface area contributed by atoms with Crippen LogP contribution >= 0.6 is 11.6 Å². The third-order valence-corrected chi connectivity index (χ3v) is 5.79. The number of halogens is 4. The summed E-state index contributed by atoms with van der Waals surface area (Å²) in [5.41, 5.74) is 0.382. The van der Waals surface area contributed by atoms with Crippen LogP contribution in [0.15, 0.2) is 60.7 Å². The molecule has 0 radical (unpaired) electrons. The number of aromatic nitrogens is 1. The normalized spacial score (nSPS) is 14.1. The highest BCUT2D eigenvalue weighted by atomic mass is 35.5. The monoisotopic (exact) mass is 505 g/mol. The molecule has 0 atom stereocenters. The number of pyridine rings is 1. The smallest absolute Gasteiger partial charge is 0.368 e. The molecule has 0 unspecified atom stereocenters. The number of anilines is 2. The Morgan fingerprint density at radius 2 is 1.71 bits per heavy atom. The van der Waals surface area contributed by atoms with Crippen LogP contribution in [0.4, 0.5) is 35.2 Å². The van der Waals surface area contributed by atoms with Gasteiger partial charge in [0.15, 0.2) is 0 Å². The van der Waals surface area contributed by atoms with Crippen molar-refractivity contribution >= 4 is 34.8 Å². The molecule has 0 saturated carbocycles. The van der Waals surface area contributed by atoms with E-state index in [1.165, 1.54) is 23.1 Å². The van der Waals surface area contributed by atoms with Gasteiger partial charge < -0.3 is 9.80 Å². The number of nitrogens with zero attached hydrogens (tertiary/aromatic N) is 4. The van der Waals surface area contributed by atoms with Gasteiger partial charge in [-0.15, -0.1) is 0 Å². The summed E-state index contributed by atoms with van der Waals surface area (Å²) < 4.78 is 39.0. The molecular formula is C23H19ClF3N5O3. The zero-order valence-corrected chi connectivity index (χ0v) is 18.9. The van der Waals surface area contributed by atoms with Gasteiger partial charge in [0, 0.05) is 48.5 Å². The van der Waals surface area contributed by atoms with Gasteiger partial charge in [0.2, 0.25) is 5.82 Å². The van der Waals surface area contributed by atoms with Crippen LogP contribution < -0.4 is 10.2 Å².